The third-order valence-electron chi connectivity index (χ3n) is 0.931. The summed E-state index contributed by atoms with van der Waals surface area (Å²) >= 11 is 0. The molecular formula is C8H15NO4. The molecule has 0 spiro atoms. The Bertz CT molecular complexity index is 139. The van der Waals surface area contributed by atoms with Crippen molar-refractivity contribution in [1.29, 1.82) is 0 Å². The van der Waals surface area contributed by atoms with Gasteiger partial charge in [0.1, 0.15) is 12.6 Å². The van der Waals surface area contributed by atoms with Gasteiger partial charge in [-0.3, -0.25) is 0 Å². The molecule has 0 bridgehead atoms. The summed E-state index contributed by atoms with van der Waals surface area (Å²) in [6, 6.07) is 0. The summed E-state index contributed by atoms with van der Waals surface area (Å²) in [6.07, 6.45) is 2.66. The van der Waals surface area contributed by atoms with Crippen molar-refractivity contribution in [1.82, 2.24) is 0 Å². The van der Waals surface area contributed by atoms with Crippen molar-refractivity contribution in [3.05, 3.63) is 0 Å². The smallest absolute Gasteiger partial charge is 0.404 e. The maximum atomic E-state index is 9.60. The Morgan fingerprint density at radius 1 is 1.31 bits per heavy atom. The quantitative estimate of drug-likeness (QED) is 0.508. The maximum absolute atomic E-state index is 9.60. The molecule has 0 aromatic rings. The second-order valence-corrected chi connectivity index (χ2v) is 2.02. The zero-order valence-corrected chi connectivity index (χ0v) is 7.69. The fourth-order valence-electron chi connectivity index (χ4n) is 0.427. The van der Waals surface area contributed by atoms with E-state index < -0.39 is 6.09 Å². The van der Waals surface area contributed by atoms with Crippen molar-refractivity contribution in [2.24, 2.45) is 5.73 Å². The molecule has 13 heavy (non-hydrogen) atoms. The molecule has 76 valence electrons. The minimum absolute atomic E-state index is 0.356. The maximum Gasteiger partial charge on any atom is 0.404 e. The molecule has 0 aromatic heterocycles. The zero-order valence-electron chi connectivity index (χ0n) is 7.69. The average Bonchev–Trinajstić information content (AvgIpc) is 2.06. The molecule has 0 aliphatic carbocycles. The molecule has 0 fully saturated rings. The number of hydrogen-bond donors (Lipinski definition) is 1. The van der Waals surface area contributed by atoms with Gasteiger partial charge in [0, 0.05) is 12.8 Å². The molecule has 0 atom stereocenters. The highest BCUT2D eigenvalue weighted by molar-refractivity contribution is 5.64. The Kier molecular flexibility index (Phi) is 14.4. The highest BCUT2D eigenvalue weighted by atomic mass is 16.5. The van der Waals surface area contributed by atoms with Gasteiger partial charge in [-0.05, 0) is 13.3 Å². The fraction of sp³-hybridized carbons (Fsp3) is 0.625. The van der Waals surface area contributed by atoms with E-state index in [4.69, 9.17) is 0 Å². The van der Waals surface area contributed by atoms with E-state index in [1.165, 1.54) is 0 Å². The number of ether oxygens (including phenoxy) is 1. The van der Waals surface area contributed by atoms with Gasteiger partial charge in [-0.1, -0.05) is 0 Å². The summed E-state index contributed by atoms with van der Waals surface area (Å²) in [5, 5.41) is 0. The van der Waals surface area contributed by atoms with E-state index in [-0.39, 0.29) is 0 Å². The van der Waals surface area contributed by atoms with Gasteiger partial charge in [0.25, 0.3) is 0 Å². The van der Waals surface area contributed by atoms with Gasteiger partial charge in [-0.15, -0.1) is 0 Å². The van der Waals surface area contributed by atoms with Crippen molar-refractivity contribution >= 4 is 18.7 Å². The van der Waals surface area contributed by atoms with E-state index in [0.717, 1.165) is 12.6 Å². The van der Waals surface area contributed by atoms with E-state index in [9.17, 15) is 14.4 Å². The van der Waals surface area contributed by atoms with Crippen molar-refractivity contribution < 1.29 is 19.1 Å². The van der Waals surface area contributed by atoms with E-state index in [2.05, 4.69) is 10.5 Å². The van der Waals surface area contributed by atoms with Crippen LogP contribution in [0.2, 0.25) is 0 Å². The van der Waals surface area contributed by atoms with Gasteiger partial charge >= 0.3 is 6.09 Å². The second-order valence-electron chi connectivity index (χ2n) is 2.02. The molecule has 1 amide bonds. The first kappa shape index (κ1) is 14.2. The van der Waals surface area contributed by atoms with E-state index in [1.807, 2.05) is 0 Å². The molecule has 0 unspecified atom stereocenters. The van der Waals surface area contributed by atoms with Crippen LogP contribution in [0.3, 0.4) is 0 Å². The number of unbranched alkanes of at least 4 members (excludes halogenated alkanes) is 2. The van der Waals surface area contributed by atoms with Crippen molar-refractivity contribution in [3.8, 4) is 0 Å². The van der Waals surface area contributed by atoms with Crippen molar-refractivity contribution in [2.45, 2.75) is 26.2 Å². The number of rotatable bonds is 5. The van der Waals surface area contributed by atoms with E-state index in [1.54, 1.807) is 6.92 Å². The van der Waals surface area contributed by atoms with Crippen LogP contribution >= 0.6 is 0 Å². The lowest BCUT2D eigenvalue weighted by atomic mass is 10.3. The van der Waals surface area contributed by atoms with Gasteiger partial charge in [-0.25, -0.2) is 4.79 Å². The molecule has 2 N–H and O–H groups in total. The van der Waals surface area contributed by atoms with Crippen LogP contribution in [0, 0.1) is 0 Å². The van der Waals surface area contributed by atoms with Crippen LogP contribution in [0.1, 0.15) is 26.2 Å². The van der Waals surface area contributed by atoms with Gasteiger partial charge in [0.15, 0.2) is 0 Å². The number of amides is 1. The number of carbonyl (C=O) groups is 3. The lowest BCUT2D eigenvalue weighted by Gasteiger charge is -1.89. The summed E-state index contributed by atoms with van der Waals surface area (Å²) < 4.78 is 4.18. The number of carbonyl (C=O) groups excluding carboxylic acids is 3. The molecule has 0 aliphatic heterocycles. The van der Waals surface area contributed by atoms with Gasteiger partial charge in [0.05, 0.1) is 6.61 Å². The van der Waals surface area contributed by atoms with Crippen molar-refractivity contribution in [3.63, 3.8) is 0 Å². The summed E-state index contributed by atoms with van der Waals surface area (Å²) in [4.78, 5) is 28.7. The predicted octanol–water partition coefficient (Wildman–Crippen LogP) is 0.656. The Labute approximate surface area is 77.2 Å². The van der Waals surface area contributed by atoms with Gasteiger partial charge < -0.3 is 20.1 Å². The monoisotopic (exact) mass is 189 g/mol. The predicted molar refractivity (Wildman–Crippen MR) is 47.2 cm³/mol. The van der Waals surface area contributed by atoms with E-state index >= 15 is 0 Å². The summed E-state index contributed by atoms with van der Waals surface area (Å²) in [5.74, 6) is 0. The molecule has 5 heteroatoms. The molecular weight excluding hydrogens is 174 g/mol. The van der Waals surface area contributed by atoms with Crippen LogP contribution in [0.5, 0.6) is 0 Å². The Hall–Kier alpha value is -1.39. The third kappa shape index (κ3) is 25.0. The highest BCUT2D eigenvalue weighted by Crippen LogP contribution is 1.85. The second kappa shape index (κ2) is 13.2. The van der Waals surface area contributed by atoms with Crippen LogP contribution in [0.15, 0.2) is 0 Å². The topological polar surface area (TPSA) is 86.5 Å². The summed E-state index contributed by atoms with van der Waals surface area (Å²) in [7, 11) is 0. The lowest BCUT2D eigenvalue weighted by Crippen LogP contribution is -2.11. The van der Waals surface area contributed by atoms with Crippen LogP contribution < -0.4 is 5.73 Å². The first-order valence-electron chi connectivity index (χ1n) is 3.98. The molecule has 0 aromatic carbocycles. The molecule has 0 rings (SSSR count). The van der Waals surface area contributed by atoms with Gasteiger partial charge in [0.2, 0.25) is 0 Å². The molecule has 0 heterocycles. The van der Waals surface area contributed by atoms with Crippen LogP contribution in [0.25, 0.3) is 0 Å². The number of nitrogens with two attached hydrogens (primary N) is 1. The standard InChI is InChI=1S/C5H8O2.C3H7NO2/c6-4-2-1-3-5-7;1-2-6-3(4)5/h4-5H,1-3H2;2H2,1H3,(H2,4,5). The first-order chi connectivity index (χ1) is 6.18. The number of aldehydes is 2. The minimum atomic E-state index is -0.711. The fourth-order valence-corrected chi connectivity index (χ4v) is 0.427. The summed E-state index contributed by atoms with van der Waals surface area (Å²) in [6.45, 7) is 2.06. The SMILES string of the molecule is CCOC(N)=O.O=CCCCC=O. The average molecular weight is 189 g/mol. The van der Waals surface area contributed by atoms with E-state index in [0.29, 0.717) is 25.9 Å². The molecule has 0 saturated heterocycles. The number of hydrogen-bond acceptors (Lipinski definition) is 4. The Morgan fingerprint density at radius 3 is 1.92 bits per heavy atom. The molecule has 5 nitrogen and oxygen atoms in total. The minimum Gasteiger partial charge on any atom is -0.450 e. The molecule has 0 aliphatic rings. The normalized spacial score (nSPS) is 7.77. The molecule has 0 radical (unpaired) electrons. The summed E-state index contributed by atoms with van der Waals surface area (Å²) in [5.41, 5.74) is 4.54. The third-order valence-corrected chi connectivity index (χ3v) is 0.931. The van der Waals surface area contributed by atoms with Crippen molar-refractivity contribution in [2.75, 3.05) is 6.61 Å². The van der Waals surface area contributed by atoms with Gasteiger partial charge in [-0.2, -0.15) is 0 Å². The zero-order chi connectivity index (χ0) is 10.5. The Morgan fingerprint density at radius 2 is 1.77 bits per heavy atom. The van der Waals surface area contributed by atoms with Crippen LogP contribution in [-0.4, -0.2) is 25.3 Å². The first-order valence-corrected chi connectivity index (χ1v) is 3.98. The molecule has 0 saturated carbocycles. The van der Waals surface area contributed by atoms with Crippen LogP contribution in [-0.2, 0) is 14.3 Å². The lowest BCUT2D eigenvalue weighted by molar-refractivity contribution is -0.108. The Balaban J connectivity index is 0. The number of primary amides is 1. The van der Waals surface area contributed by atoms with Crippen LogP contribution in [0.4, 0.5) is 4.79 Å². The largest absolute Gasteiger partial charge is 0.450 e. The highest BCUT2D eigenvalue weighted by Gasteiger charge is 1.82.